The van der Waals surface area contributed by atoms with Crippen molar-refractivity contribution in [2.75, 3.05) is 36.4 Å². The van der Waals surface area contributed by atoms with Gasteiger partial charge in [-0.05, 0) is 86.3 Å². The van der Waals surface area contributed by atoms with E-state index in [1.54, 1.807) is 23.1 Å². The molecule has 1 heterocycles. The number of nitrogens with two attached hydrogens (primary N) is 1. The number of nitrogens with one attached hydrogen (secondary N) is 2. The van der Waals surface area contributed by atoms with Crippen molar-refractivity contribution >= 4 is 29.1 Å². The van der Waals surface area contributed by atoms with Gasteiger partial charge >= 0.3 is 0 Å². The van der Waals surface area contributed by atoms with E-state index < -0.39 is 17.5 Å². The molecule has 4 N–H and O–H groups in total. The second-order valence-electron chi connectivity index (χ2n) is 10.6. The molecule has 10 heteroatoms. The number of anilines is 2. The number of benzene rings is 3. The lowest BCUT2D eigenvalue weighted by Gasteiger charge is -2.37. The summed E-state index contributed by atoms with van der Waals surface area (Å²) in [5, 5.41) is 5.93. The SMILES string of the molecule is NC1CCC(NC(=O)c2ccc(N3CCN(C(=O)c4ccc(F)cc4)CC3)c(NC(=O)c3cccc(F)c3)c2)CC1. The molecule has 2 aliphatic rings. The zero-order valence-electron chi connectivity index (χ0n) is 22.6. The summed E-state index contributed by atoms with van der Waals surface area (Å²) in [6.07, 6.45) is 3.34. The number of hydrogen-bond donors (Lipinski definition) is 3. The molecule has 0 aromatic heterocycles. The molecule has 41 heavy (non-hydrogen) atoms. The predicted octanol–water partition coefficient (Wildman–Crippen LogP) is 4.18. The minimum atomic E-state index is -0.528. The summed E-state index contributed by atoms with van der Waals surface area (Å²) in [6.45, 7) is 1.78. The van der Waals surface area contributed by atoms with Crippen molar-refractivity contribution in [3.8, 4) is 0 Å². The molecule has 3 aromatic rings. The highest BCUT2D eigenvalue weighted by molar-refractivity contribution is 6.07. The van der Waals surface area contributed by atoms with E-state index in [0.717, 1.165) is 31.7 Å². The maximum absolute atomic E-state index is 13.8. The average Bonchev–Trinajstić information content (AvgIpc) is 2.98. The van der Waals surface area contributed by atoms with Gasteiger partial charge in [0.1, 0.15) is 11.6 Å². The van der Waals surface area contributed by atoms with Crippen LogP contribution in [0.5, 0.6) is 0 Å². The molecule has 0 atom stereocenters. The van der Waals surface area contributed by atoms with Crippen LogP contribution in [-0.4, -0.2) is 60.9 Å². The first kappa shape index (κ1) is 28.2. The van der Waals surface area contributed by atoms with E-state index in [-0.39, 0.29) is 29.5 Å². The van der Waals surface area contributed by atoms with E-state index in [2.05, 4.69) is 10.6 Å². The van der Waals surface area contributed by atoms with E-state index in [1.165, 1.54) is 42.5 Å². The number of rotatable bonds is 6. The fraction of sp³-hybridized carbons (Fsp3) is 0.323. The van der Waals surface area contributed by atoms with Gasteiger partial charge in [-0.25, -0.2) is 8.78 Å². The maximum atomic E-state index is 13.8. The van der Waals surface area contributed by atoms with Crippen molar-refractivity contribution in [3.05, 3.63) is 95.1 Å². The zero-order valence-corrected chi connectivity index (χ0v) is 22.6. The van der Waals surface area contributed by atoms with Crippen molar-refractivity contribution in [2.24, 2.45) is 5.73 Å². The standard InChI is InChI=1S/C31H33F2N5O3/c32-23-7-4-20(5-8-23)31(41)38-16-14-37(15-17-38)28-13-6-22(29(39)35-26-11-9-25(34)10-12-26)19-27(28)36-30(40)21-2-1-3-24(33)18-21/h1-8,13,18-19,25-26H,9-12,14-17,34H2,(H,35,39)(H,36,40). The molecule has 3 aromatic carbocycles. The van der Waals surface area contributed by atoms with Gasteiger partial charge in [0.15, 0.2) is 0 Å². The highest BCUT2D eigenvalue weighted by Crippen LogP contribution is 2.30. The van der Waals surface area contributed by atoms with Crippen LogP contribution in [0.25, 0.3) is 0 Å². The van der Waals surface area contributed by atoms with Gasteiger partial charge in [0.05, 0.1) is 11.4 Å². The van der Waals surface area contributed by atoms with Crippen molar-refractivity contribution in [3.63, 3.8) is 0 Å². The first-order chi connectivity index (χ1) is 19.8. The third-order valence-corrected chi connectivity index (χ3v) is 7.70. The molecule has 1 aliphatic carbocycles. The Morgan fingerprint density at radius 1 is 0.732 bits per heavy atom. The molecule has 3 amide bonds. The van der Waals surface area contributed by atoms with E-state index in [1.807, 2.05) is 4.90 Å². The highest BCUT2D eigenvalue weighted by atomic mass is 19.1. The Hall–Kier alpha value is -4.31. The molecule has 0 bridgehead atoms. The summed E-state index contributed by atoms with van der Waals surface area (Å²) in [6, 6.07) is 16.2. The summed E-state index contributed by atoms with van der Waals surface area (Å²) in [5.74, 6) is -1.86. The molecule has 8 nitrogen and oxygen atoms in total. The van der Waals surface area contributed by atoms with Crippen molar-refractivity contribution in [1.82, 2.24) is 10.2 Å². The first-order valence-corrected chi connectivity index (χ1v) is 13.8. The molecular formula is C31H33F2N5O3. The van der Waals surface area contributed by atoms with Crippen molar-refractivity contribution < 1.29 is 23.2 Å². The number of piperazine rings is 1. The number of halogens is 2. The number of nitrogens with zero attached hydrogens (tertiary/aromatic N) is 2. The Kier molecular flexibility index (Phi) is 8.58. The zero-order chi connectivity index (χ0) is 28.9. The number of amides is 3. The maximum Gasteiger partial charge on any atom is 0.255 e. The van der Waals surface area contributed by atoms with Gasteiger partial charge < -0.3 is 26.2 Å². The molecule has 214 valence electrons. The van der Waals surface area contributed by atoms with Crippen LogP contribution >= 0.6 is 0 Å². The Morgan fingerprint density at radius 2 is 1.39 bits per heavy atom. The topological polar surface area (TPSA) is 108 Å². The minimum absolute atomic E-state index is 0.0408. The lowest BCUT2D eigenvalue weighted by molar-refractivity contribution is 0.0746. The second-order valence-corrected chi connectivity index (χ2v) is 10.6. The molecule has 1 aliphatic heterocycles. The second kappa shape index (κ2) is 12.5. The number of carbonyl (C=O) groups is 3. The van der Waals surface area contributed by atoms with Gasteiger partial charge in [0.25, 0.3) is 17.7 Å². The molecule has 0 spiro atoms. The highest BCUT2D eigenvalue weighted by Gasteiger charge is 2.26. The largest absolute Gasteiger partial charge is 0.366 e. The molecule has 1 saturated carbocycles. The van der Waals surface area contributed by atoms with Crippen LogP contribution in [-0.2, 0) is 0 Å². The quantitative estimate of drug-likeness (QED) is 0.419. The van der Waals surface area contributed by atoms with Gasteiger partial charge in [-0.3, -0.25) is 14.4 Å². The van der Waals surface area contributed by atoms with E-state index in [4.69, 9.17) is 5.73 Å². The predicted molar refractivity (Wildman–Crippen MR) is 153 cm³/mol. The third kappa shape index (κ3) is 6.89. The fourth-order valence-electron chi connectivity index (χ4n) is 5.34. The van der Waals surface area contributed by atoms with E-state index in [9.17, 15) is 23.2 Å². The van der Waals surface area contributed by atoms with Crippen molar-refractivity contribution in [1.29, 1.82) is 0 Å². The van der Waals surface area contributed by atoms with Crippen LogP contribution < -0.4 is 21.3 Å². The summed E-state index contributed by atoms with van der Waals surface area (Å²) in [4.78, 5) is 42.8. The van der Waals surface area contributed by atoms with Crippen LogP contribution in [0.2, 0.25) is 0 Å². The van der Waals surface area contributed by atoms with Gasteiger partial charge in [-0.15, -0.1) is 0 Å². The first-order valence-electron chi connectivity index (χ1n) is 13.8. The molecule has 5 rings (SSSR count). The normalized spacial score (nSPS) is 19.0. The van der Waals surface area contributed by atoms with Crippen molar-refractivity contribution in [2.45, 2.75) is 37.8 Å². The summed E-state index contributed by atoms with van der Waals surface area (Å²) in [7, 11) is 0. The Labute approximate surface area is 237 Å². The Morgan fingerprint density at radius 3 is 2.07 bits per heavy atom. The molecular weight excluding hydrogens is 528 g/mol. The Bertz CT molecular complexity index is 1420. The van der Waals surface area contributed by atoms with Crippen LogP contribution in [0.4, 0.5) is 20.2 Å². The number of hydrogen-bond acceptors (Lipinski definition) is 5. The number of carbonyl (C=O) groups excluding carboxylic acids is 3. The third-order valence-electron chi connectivity index (χ3n) is 7.70. The molecule has 0 radical (unpaired) electrons. The van der Waals surface area contributed by atoms with Gasteiger partial charge in [-0.2, -0.15) is 0 Å². The summed E-state index contributed by atoms with van der Waals surface area (Å²) < 4.78 is 27.1. The van der Waals surface area contributed by atoms with Gasteiger partial charge in [-0.1, -0.05) is 6.07 Å². The van der Waals surface area contributed by atoms with E-state index in [0.29, 0.717) is 48.7 Å². The molecule has 0 unspecified atom stereocenters. The summed E-state index contributed by atoms with van der Waals surface area (Å²) in [5.41, 5.74) is 8.05. The van der Waals surface area contributed by atoms with E-state index >= 15 is 0 Å². The summed E-state index contributed by atoms with van der Waals surface area (Å²) >= 11 is 0. The lowest BCUT2D eigenvalue weighted by Crippen LogP contribution is -2.49. The minimum Gasteiger partial charge on any atom is -0.366 e. The average molecular weight is 562 g/mol. The molecule has 1 saturated heterocycles. The van der Waals surface area contributed by atoms with Gasteiger partial charge in [0.2, 0.25) is 0 Å². The van der Waals surface area contributed by atoms with Gasteiger partial charge in [0, 0.05) is 55.0 Å². The van der Waals surface area contributed by atoms with Crippen LogP contribution in [0.1, 0.15) is 56.8 Å². The smallest absolute Gasteiger partial charge is 0.255 e. The van der Waals surface area contributed by atoms with Crippen LogP contribution in [0.15, 0.2) is 66.7 Å². The van der Waals surface area contributed by atoms with Crippen LogP contribution in [0, 0.1) is 11.6 Å². The molecule has 2 fully saturated rings. The Balaban J connectivity index is 1.34. The lowest BCUT2D eigenvalue weighted by atomic mass is 9.91. The van der Waals surface area contributed by atoms with Crippen LogP contribution in [0.3, 0.4) is 0 Å². The fourth-order valence-corrected chi connectivity index (χ4v) is 5.34. The monoisotopic (exact) mass is 561 g/mol.